The summed E-state index contributed by atoms with van der Waals surface area (Å²) >= 11 is 5.85. The van der Waals surface area contributed by atoms with Crippen LogP contribution in [-0.4, -0.2) is 42.0 Å². The van der Waals surface area contributed by atoms with Crippen LogP contribution in [0.2, 0.25) is 5.15 Å². The van der Waals surface area contributed by atoms with E-state index in [0.717, 1.165) is 12.8 Å². The Bertz CT molecular complexity index is 639. The Hall–Kier alpha value is -1.18. The molecule has 0 spiro atoms. The van der Waals surface area contributed by atoms with Crippen molar-refractivity contribution in [1.29, 1.82) is 0 Å². The highest BCUT2D eigenvalue weighted by Gasteiger charge is 2.46. The molecule has 1 saturated heterocycles. The third kappa shape index (κ3) is 2.53. The van der Waals surface area contributed by atoms with E-state index in [1.807, 2.05) is 0 Å². The number of anilines is 1. The van der Waals surface area contributed by atoms with Crippen LogP contribution >= 0.6 is 11.6 Å². The predicted molar refractivity (Wildman–Crippen MR) is 74.9 cm³/mol. The van der Waals surface area contributed by atoms with Crippen molar-refractivity contribution >= 4 is 33.2 Å². The molecule has 1 amide bonds. The molecule has 1 saturated carbocycles. The number of nitrogens with zero attached hydrogens (tertiary/aromatic N) is 2. The van der Waals surface area contributed by atoms with Crippen LogP contribution in [0.3, 0.4) is 0 Å². The fourth-order valence-corrected chi connectivity index (χ4v) is 4.20. The molecule has 1 aromatic heterocycles. The highest BCUT2D eigenvalue weighted by atomic mass is 35.5. The monoisotopic (exact) mass is 315 g/mol. The first-order valence-corrected chi connectivity index (χ1v) is 8.27. The number of halogens is 1. The first kappa shape index (κ1) is 13.8. The molecule has 2 fully saturated rings. The van der Waals surface area contributed by atoms with Crippen LogP contribution in [0.1, 0.15) is 12.8 Å². The molecule has 1 aliphatic heterocycles. The Balaban J connectivity index is 1.57. The Labute approximate surface area is 122 Å². The minimum Gasteiger partial charge on any atom is -0.323 e. The zero-order valence-corrected chi connectivity index (χ0v) is 12.2. The lowest BCUT2D eigenvalue weighted by Gasteiger charge is -2.37. The maximum absolute atomic E-state index is 12.0. The number of amides is 1. The first-order chi connectivity index (χ1) is 9.48. The molecule has 8 heteroatoms. The van der Waals surface area contributed by atoms with E-state index in [1.54, 1.807) is 12.1 Å². The van der Waals surface area contributed by atoms with Crippen LogP contribution in [0.15, 0.2) is 18.3 Å². The molecular formula is C12H14ClN3O3S. The summed E-state index contributed by atoms with van der Waals surface area (Å²) in [4.78, 5) is 15.9. The van der Waals surface area contributed by atoms with E-state index in [4.69, 9.17) is 11.6 Å². The van der Waals surface area contributed by atoms with Crippen molar-refractivity contribution in [3.8, 4) is 0 Å². The molecule has 3 rings (SSSR count). The van der Waals surface area contributed by atoms with E-state index in [1.165, 1.54) is 10.5 Å². The number of rotatable bonds is 4. The molecule has 6 nitrogen and oxygen atoms in total. The quantitative estimate of drug-likeness (QED) is 0.844. The van der Waals surface area contributed by atoms with Crippen molar-refractivity contribution in [3.05, 3.63) is 23.5 Å². The fourth-order valence-electron chi connectivity index (χ4n) is 2.10. The summed E-state index contributed by atoms with van der Waals surface area (Å²) in [5.74, 6) is -0.540. The second-order valence-electron chi connectivity index (χ2n) is 5.09. The van der Waals surface area contributed by atoms with Gasteiger partial charge in [0.15, 0.2) is 5.15 Å². The number of carbonyl (C=O) groups excluding carboxylic acids is 1. The summed E-state index contributed by atoms with van der Waals surface area (Å²) in [5.41, 5.74) is 0.447. The molecular weight excluding hydrogens is 302 g/mol. The van der Waals surface area contributed by atoms with Gasteiger partial charge in [-0.3, -0.25) is 4.79 Å². The molecule has 2 heterocycles. The van der Waals surface area contributed by atoms with E-state index in [0.29, 0.717) is 5.69 Å². The second kappa shape index (κ2) is 4.98. The van der Waals surface area contributed by atoms with Crippen LogP contribution in [0, 0.1) is 5.92 Å². The van der Waals surface area contributed by atoms with Gasteiger partial charge >= 0.3 is 0 Å². The summed E-state index contributed by atoms with van der Waals surface area (Å²) in [6.45, 7) is 0.505. The molecule has 1 aromatic rings. The van der Waals surface area contributed by atoms with E-state index >= 15 is 0 Å². The van der Waals surface area contributed by atoms with E-state index in [2.05, 4.69) is 10.3 Å². The highest BCUT2D eigenvalue weighted by Crippen LogP contribution is 2.34. The van der Waals surface area contributed by atoms with Crippen LogP contribution in [0.5, 0.6) is 0 Å². The van der Waals surface area contributed by atoms with Gasteiger partial charge in [-0.2, -0.15) is 4.31 Å². The molecule has 1 N–H and O–H groups in total. The van der Waals surface area contributed by atoms with Gasteiger partial charge in [-0.05, 0) is 25.0 Å². The number of sulfonamides is 1. The van der Waals surface area contributed by atoms with E-state index in [9.17, 15) is 13.2 Å². The van der Waals surface area contributed by atoms with E-state index in [-0.39, 0.29) is 35.3 Å². The first-order valence-electron chi connectivity index (χ1n) is 6.39. The third-order valence-corrected chi connectivity index (χ3v) is 6.17. The summed E-state index contributed by atoms with van der Waals surface area (Å²) in [6, 6.07) is 3.33. The van der Waals surface area contributed by atoms with Gasteiger partial charge in [-0.25, -0.2) is 13.4 Å². The SMILES string of the molecule is O=C(Nc1cccnc1Cl)C1CN(S(=O)(=O)C2CC2)C1. The van der Waals surface area contributed by atoms with Crippen molar-refractivity contribution in [2.45, 2.75) is 18.1 Å². The van der Waals surface area contributed by atoms with Gasteiger partial charge in [-0.1, -0.05) is 11.6 Å². The minimum atomic E-state index is -3.16. The Morgan fingerprint density at radius 2 is 2.10 bits per heavy atom. The molecule has 2 aliphatic rings. The average Bonchev–Trinajstić information content (AvgIpc) is 3.13. The van der Waals surface area contributed by atoms with Crippen molar-refractivity contribution in [2.24, 2.45) is 5.92 Å². The van der Waals surface area contributed by atoms with Gasteiger partial charge in [0.05, 0.1) is 16.9 Å². The van der Waals surface area contributed by atoms with E-state index < -0.39 is 10.0 Å². The molecule has 0 bridgehead atoms. The smallest absolute Gasteiger partial charge is 0.230 e. The van der Waals surface area contributed by atoms with Crippen molar-refractivity contribution in [3.63, 3.8) is 0 Å². The average molecular weight is 316 g/mol. The second-order valence-corrected chi connectivity index (χ2v) is 7.66. The zero-order chi connectivity index (χ0) is 14.3. The number of carbonyl (C=O) groups is 1. The number of hydrogen-bond donors (Lipinski definition) is 1. The minimum absolute atomic E-state index is 0.220. The summed E-state index contributed by atoms with van der Waals surface area (Å²) in [6.07, 6.45) is 3.01. The van der Waals surface area contributed by atoms with Gasteiger partial charge in [0.2, 0.25) is 15.9 Å². The fraction of sp³-hybridized carbons (Fsp3) is 0.500. The van der Waals surface area contributed by atoms with Gasteiger partial charge in [0.1, 0.15) is 0 Å². The Kier molecular flexibility index (Phi) is 3.43. The topological polar surface area (TPSA) is 79.4 Å². The largest absolute Gasteiger partial charge is 0.323 e. The van der Waals surface area contributed by atoms with Gasteiger partial charge in [-0.15, -0.1) is 0 Å². The van der Waals surface area contributed by atoms with Crippen molar-refractivity contribution in [1.82, 2.24) is 9.29 Å². The number of nitrogens with one attached hydrogen (secondary N) is 1. The van der Waals surface area contributed by atoms with Crippen LogP contribution in [-0.2, 0) is 14.8 Å². The lowest BCUT2D eigenvalue weighted by atomic mass is 10.0. The van der Waals surface area contributed by atoms with Gasteiger partial charge < -0.3 is 5.32 Å². The lowest BCUT2D eigenvalue weighted by molar-refractivity contribution is -0.122. The highest BCUT2D eigenvalue weighted by molar-refractivity contribution is 7.90. The lowest BCUT2D eigenvalue weighted by Crippen LogP contribution is -2.55. The van der Waals surface area contributed by atoms with Crippen LogP contribution in [0.25, 0.3) is 0 Å². The Morgan fingerprint density at radius 3 is 2.70 bits per heavy atom. The maximum atomic E-state index is 12.0. The van der Waals surface area contributed by atoms with Crippen molar-refractivity contribution in [2.75, 3.05) is 18.4 Å². The molecule has 108 valence electrons. The third-order valence-electron chi connectivity index (χ3n) is 3.54. The van der Waals surface area contributed by atoms with Crippen LogP contribution < -0.4 is 5.32 Å². The molecule has 0 unspecified atom stereocenters. The van der Waals surface area contributed by atoms with Gasteiger partial charge in [0, 0.05) is 19.3 Å². The molecule has 0 atom stereocenters. The zero-order valence-electron chi connectivity index (χ0n) is 10.6. The van der Waals surface area contributed by atoms with Crippen molar-refractivity contribution < 1.29 is 13.2 Å². The molecule has 0 radical (unpaired) electrons. The summed E-state index contributed by atoms with van der Waals surface area (Å²) < 4.78 is 25.2. The predicted octanol–water partition coefficient (Wildman–Crippen LogP) is 1.10. The molecule has 0 aromatic carbocycles. The number of aromatic nitrogens is 1. The number of pyridine rings is 1. The van der Waals surface area contributed by atoms with Gasteiger partial charge in [0.25, 0.3) is 0 Å². The summed E-state index contributed by atoms with van der Waals surface area (Å²) in [7, 11) is -3.16. The normalized spacial score (nSPS) is 20.4. The maximum Gasteiger partial charge on any atom is 0.230 e. The van der Waals surface area contributed by atoms with Crippen LogP contribution in [0.4, 0.5) is 5.69 Å². The molecule has 20 heavy (non-hydrogen) atoms. The number of hydrogen-bond acceptors (Lipinski definition) is 4. The summed E-state index contributed by atoms with van der Waals surface area (Å²) in [5, 5.41) is 2.68. The Morgan fingerprint density at radius 1 is 1.40 bits per heavy atom. The molecule has 1 aliphatic carbocycles. The standard InChI is InChI=1S/C12H14ClN3O3S/c13-11-10(2-1-5-14-11)15-12(17)8-6-16(7-8)20(18,19)9-3-4-9/h1-2,5,8-9H,3-4,6-7H2,(H,15,17).